The van der Waals surface area contributed by atoms with Gasteiger partial charge in [-0.05, 0) is 0 Å². The van der Waals surface area contributed by atoms with Crippen molar-refractivity contribution in [2.75, 3.05) is 33.5 Å². The zero-order valence-corrected chi connectivity index (χ0v) is 7.56. The fraction of sp³-hybridized carbons (Fsp3) is 0.625. The summed E-state index contributed by atoms with van der Waals surface area (Å²) in [5.74, 6) is -0.477. The summed E-state index contributed by atoms with van der Waals surface area (Å²) in [5, 5.41) is 8.33. The average molecular weight is 190 g/mol. The molecular formula is C8H14O5. The van der Waals surface area contributed by atoms with E-state index < -0.39 is 5.97 Å². The zero-order valence-electron chi connectivity index (χ0n) is 7.56. The van der Waals surface area contributed by atoms with E-state index in [1.807, 2.05) is 0 Å². The molecule has 0 aliphatic rings. The van der Waals surface area contributed by atoms with E-state index in [1.165, 1.54) is 19.4 Å². The Morgan fingerprint density at radius 3 is 2.77 bits per heavy atom. The molecule has 1 N–H and O–H groups in total. The molecule has 0 fully saturated rings. The van der Waals surface area contributed by atoms with Crippen molar-refractivity contribution in [2.24, 2.45) is 0 Å². The van der Waals surface area contributed by atoms with Crippen molar-refractivity contribution in [3.05, 3.63) is 12.3 Å². The predicted molar refractivity (Wildman–Crippen MR) is 45.0 cm³/mol. The van der Waals surface area contributed by atoms with Gasteiger partial charge in [-0.25, -0.2) is 4.79 Å². The van der Waals surface area contributed by atoms with Crippen LogP contribution < -0.4 is 0 Å². The quantitative estimate of drug-likeness (QED) is 0.258. The second-order valence-electron chi connectivity index (χ2n) is 2.04. The number of aliphatic hydroxyl groups is 1. The Kier molecular flexibility index (Phi) is 8.28. The van der Waals surface area contributed by atoms with E-state index in [4.69, 9.17) is 9.84 Å². The van der Waals surface area contributed by atoms with Crippen LogP contribution in [0.5, 0.6) is 0 Å². The molecule has 0 aliphatic heterocycles. The molecule has 0 atom stereocenters. The number of hydrogen-bond acceptors (Lipinski definition) is 5. The minimum Gasteiger partial charge on any atom is -0.504 e. The molecule has 0 aromatic rings. The van der Waals surface area contributed by atoms with Crippen LogP contribution >= 0.6 is 0 Å². The zero-order chi connectivity index (χ0) is 9.94. The predicted octanol–water partition coefficient (Wildman–Crippen LogP) is -0.301. The van der Waals surface area contributed by atoms with Crippen LogP contribution in [-0.4, -0.2) is 44.6 Å². The van der Waals surface area contributed by atoms with Gasteiger partial charge in [-0.15, -0.1) is 0 Å². The molecule has 0 saturated carbocycles. The minimum absolute atomic E-state index is 0.0302. The summed E-state index contributed by atoms with van der Waals surface area (Å²) in [5.41, 5.74) is 0. The van der Waals surface area contributed by atoms with E-state index in [0.717, 1.165) is 0 Å². The summed E-state index contributed by atoms with van der Waals surface area (Å²) in [4.78, 5) is 10.7. The molecular weight excluding hydrogens is 176 g/mol. The first-order valence-corrected chi connectivity index (χ1v) is 3.86. The molecule has 0 saturated heterocycles. The molecule has 76 valence electrons. The Labute approximate surface area is 76.9 Å². The van der Waals surface area contributed by atoms with Gasteiger partial charge in [-0.3, -0.25) is 0 Å². The first-order chi connectivity index (χ1) is 6.31. The average Bonchev–Trinajstić information content (AvgIpc) is 2.14. The number of esters is 1. The number of carbonyl (C=O) groups is 1. The van der Waals surface area contributed by atoms with Gasteiger partial charge < -0.3 is 19.3 Å². The standard InChI is InChI=1S/C8H14O5/c1-11-4-2-8(10)13-7-6-12-5-3-9/h2,4,9H,3,5-7H2,1H3. The summed E-state index contributed by atoms with van der Waals surface area (Å²) in [6.45, 7) is 0.684. The highest BCUT2D eigenvalue weighted by Crippen LogP contribution is 1.83. The molecule has 5 nitrogen and oxygen atoms in total. The van der Waals surface area contributed by atoms with Gasteiger partial charge in [0.25, 0.3) is 0 Å². The highest BCUT2D eigenvalue weighted by molar-refractivity contribution is 5.81. The Balaban J connectivity index is 3.22. The van der Waals surface area contributed by atoms with Crippen LogP contribution in [0.15, 0.2) is 12.3 Å². The lowest BCUT2D eigenvalue weighted by Crippen LogP contribution is -2.10. The van der Waals surface area contributed by atoms with Crippen molar-refractivity contribution in [3.63, 3.8) is 0 Å². The maximum absolute atomic E-state index is 10.7. The van der Waals surface area contributed by atoms with Gasteiger partial charge in [0.2, 0.25) is 0 Å². The number of ether oxygens (including phenoxy) is 3. The van der Waals surface area contributed by atoms with Gasteiger partial charge in [0.05, 0.1) is 39.3 Å². The highest BCUT2D eigenvalue weighted by Gasteiger charge is 1.95. The smallest absolute Gasteiger partial charge is 0.333 e. The minimum atomic E-state index is -0.477. The molecule has 0 radical (unpaired) electrons. The van der Waals surface area contributed by atoms with Gasteiger partial charge >= 0.3 is 5.97 Å². The Morgan fingerprint density at radius 1 is 1.38 bits per heavy atom. The number of carbonyl (C=O) groups excluding carboxylic acids is 1. The van der Waals surface area contributed by atoms with Crippen molar-refractivity contribution in [3.8, 4) is 0 Å². The van der Waals surface area contributed by atoms with Gasteiger partial charge in [-0.2, -0.15) is 0 Å². The summed E-state index contributed by atoms with van der Waals surface area (Å²) < 4.78 is 14.0. The van der Waals surface area contributed by atoms with Gasteiger partial charge in [0.15, 0.2) is 0 Å². The van der Waals surface area contributed by atoms with E-state index in [2.05, 4.69) is 9.47 Å². The lowest BCUT2D eigenvalue weighted by atomic mass is 10.6. The van der Waals surface area contributed by atoms with E-state index in [9.17, 15) is 4.79 Å². The lowest BCUT2D eigenvalue weighted by molar-refractivity contribution is -0.139. The molecule has 0 bridgehead atoms. The molecule has 0 unspecified atom stereocenters. The fourth-order valence-electron chi connectivity index (χ4n) is 0.540. The van der Waals surface area contributed by atoms with E-state index >= 15 is 0 Å². The van der Waals surface area contributed by atoms with Gasteiger partial charge in [-0.1, -0.05) is 0 Å². The van der Waals surface area contributed by atoms with Crippen LogP contribution in [0.4, 0.5) is 0 Å². The SMILES string of the molecule is COC=CC(=O)OCCOCCO. The lowest BCUT2D eigenvalue weighted by Gasteiger charge is -2.02. The highest BCUT2D eigenvalue weighted by atomic mass is 16.6. The molecule has 0 aromatic carbocycles. The molecule has 0 heterocycles. The maximum Gasteiger partial charge on any atom is 0.333 e. The molecule has 0 aliphatic carbocycles. The van der Waals surface area contributed by atoms with Crippen LogP contribution in [0.2, 0.25) is 0 Å². The monoisotopic (exact) mass is 190 g/mol. The largest absolute Gasteiger partial charge is 0.504 e. The van der Waals surface area contributed by atoms with E-state index in [0.29, 0.717) is 0 Å². The first kappa shape index (κ1) is 11.9. The summed E-state index contributed by atoms with van der Waals surface area (Å²) >= 11 is 0. The second-order valence-corrected chi connectivity index (χ2v) is 2.04. The van der Waals surface area contributed by atoms with Crippen LogP contribution in [0.1, 0.15) is 0 Å². The van der Waals surface area contributed by atoms with E-state index in [1.54, 1.807) is 0 Å². The van der Waals surface area contributed by atoms with Crippen molar-refractivity contribution < 1.29 is 24.1 Å². The molecule has 5 heteroatoms. The third kappa shape index (κ3) is 8.84. The molecule has 0 rings (SSSR count). The number of hydrogen-bond donors (Lipinski definition) is 1. The number of aliphatic hydroxyl groups excluding tert-OH is 1. The van der Waals surface area contributed by atoms with Crippen LogP contribution in [0.25, 0.3) is 0 Å². The van der Waals surface area contributed by atoms with Crippen LogP contribution in [0.3, 0.4) is 0 Å². The fourth-order valence-corrected chi connectivity index (χ4v) is 0.540. The molecule has 0 amide bonds. The summed E-state index contributed by atoms with van der Waals surface area (Å²) in [6, 6.07) is 0. The van der Waals surface area contributed by atoms with Gasteiger partial charge in [0.1, 0.15) is 6.61 Å². The van der Waals surface area contributed by atoms with Gasteiger partial charge in [0, 0.05) is 0 Å². The number of rotatable bonds is 7. The second kappa shape index (κ2) is 9.02. The number of methoxy groups -OCH3 is 1. The third-order valence-electron chi connectivity index (χ3n) is 1.05. The summed E-state index contributed by atoms with van der Waals surface area (Å²) in [6.07, 6.45) is 2.41. The van der Waals surface area contributed by atoms with Crippen LogP contribution in [0, 0.1) is 0 Å². The third-order valence-corrected chi connectivity index (χ3v) is 1.05. The molecule has 0 aromatic heterocycles. The topological polar surface area (TPSA) is 65.0 Å². The van der Waals surface area contributed by atoms with Crippen molar-refractivity contribution >= 4 is 5.97 Å². The van der Waals surface area contributed by atoms with Crippen LogP contribution in [-0.2, 0) is 19.0 Å². The van der Waals surface area contributed by atoms with Crippen molar-refractivity contribution in [2.45, 2.75) is 0 Å². The van der Waals surface area contributed by atoms with E-state index in [-0.39, 0.29) is 26.4 Å². The van der Waals surface area contributed by atoms with Crippen molar-refractivity contribution in [1.29, 1.82) is 0 Å². The van der Waals surface area contributed by atoms with Crippen molar-refractivity contribution in [1.82, 2.24) is 0 Å². The molecule has 0 spiro atoms. The Bertz CT molecular complexity index is 155. The Hall–Kier alpha value is -1.07. The normalized spacial score (nSPS) is 10.3. The Morgan fingerprint density at radius 2 is 2.15 bits per heavy atom. The molecule has 13 heavy (non-hydrogen) atoms. The first-order valence-electron chi connectivity index (χ1n) is 3.86. The summed E-state index contributed by atoms with van der Waals surface area (Å²) in [7, 11) is 1.44. The maximum atomic E-state index is 10.7.